The van der Waals surface area contributed by atoms with Gasteiger partial charge in [-0.05, 0) is 5.56 Å². The van der Waals surface area contributed by atoms with E-state index < -0.39 is 10.0 Å². The zero-order chi connectivity index (χ0) is 14.6. The van der Waals surface area contributed by atoms with Crippen LogP contribution in [0.3, 0.4) is 0 Å². The molecular formula is C14H19N3O2S. The summed E-state index contributed by atoms with van der Waals surface area (Å²) < 4.78 is 24.4. The molecule has 0 aromatic heterocycles. The maximum Gasteiger partial charge on any atom is 0.211 e. The summed E-state index contributed by atoms with van der Waals surface area (Å²) in [5.41, 5.74) is 1.01. The predicted molar refractivity (Wildman–Crippen MR) is 77.7 cm³/mol. The molecule has 1 aliphatic rings. The Balaban J connectivity index is 1.94. The molecule has 1 saturated heterocycles. The molecule has 1 unspecified atom stereocenters. The predicted octanol–water partition coefficient (Wildman–Crippen LogP) is 0.871. The molecular weight excluding hydrogens is 274 g/mol. The van der Waals surface area contributed by atoms with Gasteiger partial charge < -0.3 is 0 Å². The molecule has 1 fully saturated rings. The summed E-state index contributed by atoms with van der Waals surface area (Å²) in [6.45, 7) is 3.02. The third-order valence-corrected chi connectivity index (χ3v) is 4.90. The summed E-state index contributed by atoms with van der Waals surface area (Å²) in [5.74, 6) is -0.166. The van der Waals surface area contributed by atoms with Crippen LogP contribution in [0.5, 0.6) is 0 Å². The summed E-state index contributed by atoms with van der Waals surface area (Å²) in [6.07, 6.45) is 1.24. The van der Waals surface area contributed by atoms with E-state index in [2.05, 4.69) is 11.0 Å². The Labute approximate surface area is 120 Å². The minimum Gasteiger partial charge on any atom is -0.299 e. The number of nitriles is 1. The summed E-state index contributed by atoms with van der Waals surface area (Å²) >= 11 is 0. The Bertz CT molecular complexity index is 572. The summed E-state index contributed by atoms with van der Waals surface area (Å²) in [7, 11) is -3.09. The van der Waals surface area contributed by atoms with E-state index in [0.29, 0.717) is 32.7 Å². The molecule has 5 nitrogen and oxygen atoms in total. The monoisotopic (exact) mass is 293 g/mol. The van der Waals surface area contributed by atoms with E-state index in [0.717, 1.165) is 5.56 Å². The van der Waals surface area contributed by atoms with Gasteiger partial charge in [0.25, 0.3) is 0 Å². The fourth-order valence-electron chi connectivity index (χ4n) is 2.41. The van der Waals surface area contributed by atoms with Crippen LogP contribution in [0.25, 0.3) is 0 Å². The van der Waals surface area contributed by atoms with Crippen LogP contribution in [0.1, 0.15) is 11.5 Å². The van der Waals surface area contributed by atoms with Gasteiger partial charge in [-0.15, -0.1) is 0 Å². The van der Waals surface area contributed by atoms with Crippen LogP contribution in [0.2, 0.25) is 0 Å². The molecule has 0 radical (unpaired) electrons. The second-order valence-electron chi connectivity index (χ2n) is 5.06. The molecule has 0 aliphatic carbocycles. The smallest absolute Gasteiger partial charge is 0.211 e. The highest BCUT2D eigenvalue weighted by Gasteiger charge is 2.25. The molecule has 0 bridgehead atoms. The van der Waals surface area contributed by atoms with Gasteiger partial charge in [0.15, 0.2) is 0 Å². The SMILES string of the molecule is CS(=O)(=O)N1CCN(CC(C#N)c2ccccc2)CC1. The summed E-state index contributed by atoms with van der Waals surface area (Å²) in [6, 6.07) is 12.0. The second-order valence-corrected chi connectivity index (χ2v) is 7.04. The highest BCUT2D eigenvalue weighted by molar-refractivity contribution is 7.88. The van der Waals surface area contributed by atoms with Gasteiger partial charge >= 0.3 is 0 Å². The molecule has 1 aromatic carbocycles. The number of piperazine rings is 1. The molecule has 108 valence electrons. The standard InChI is InChI=1S/C14H19N3O2S/c1-20(18,19)17-9-7-16(8-10-17)12-14(11-15)13-5-3-2-4-6-13/h2-6,14H,7-10,12H2,1H3. The first-order chi connectivity index (χ1) is 9.50. The van der Waals surface area contributed by atoms with E-state index in [1.165, 1.54) is 10.6 Å². The topological polar surface area (TPSA) is 64.4 Å². The molecule has 1 atom stereocenters. The molecule has 0 spiro atoms. The Morgan fingerprint density at radius 1 is 1.20 bits per heavy atom. The molecule has 2 rings (SSSR count). The zero-order valence-corrected chi connectivity index (χ0v) is 12.4. The first-order valence-corrected chi connectivity index (χ1v) is 8.47. The third kappa shape index (κ3) is 3.79. The molecule has 20 heavy (non-hydrogen) atoms. The van der Waals surface area contributed by atoms with Crippen LogP contribution < -0.4 is 0 Å². The van der Waals surface area contributed by atoms with Crippen molar-refractivity contribution in [3.8, 4) is 6.07 Å². The molecule has 0 saturated carbocycles. The molecule has 6 heteroatoms. The highest BCUT2D eigenvalue weighted by atomic mass is 32.2. The lowest BCUT2D eigenvalue weighted by molar-refractivity contribution is 0.186. The van der Waals surface area contributed by atoms with Crippen molar-refractivity contribution in [1.29, 1.82) is 5.26 Å². The van der Waals surface area contributed by atoms with Crippen molar-refractivity contribution in [2.24, 2.45) is 0 Å². The Hall–Kier alpha value is -1.42. The first kappa shape index (κ1) is 15.0. The van der Waals surface area contributed by atoms with E-state index in [-0.39, 0.29) is 5.92 Å². The largest absolute Gasteiger partial charge is 0.299 e. The number of nitrogens with zero attached hydrogens (tertiary/aromatic N) is 3. The van der Waals surface area contributed by atoms with Gasteiger partial charge in [0.05, 0.1) is 18.2 Å². The summed E-state index contributed by atoms with van der Waals surface area (Å²) in [4.78, 5) is 2.16. The third-order valence-electron chi connectivity index (χ3n) is 3.60. The van der Waals surface area contributed by atoms with Gasteiger partial charge in [0.2, 0.25) is 10.0 Å². The van der Waals surface area contributed by atoms with Gasteiger partial charge in [0, 0.05) is 32.7 Å². The van der Waals surface area contributed by atoms with Crippen molar-refractivity contribution >= 4 is 10.0 Å². The number of rotatable bonds is 4. The maximum atomic E-state index is 11.4. The average molecular weight is 293 g/mol. The lowest BCUT2D eigenvalue weighted by atomic mass is 10.00. The average Bonchev–Trinajstić information content (AvgIpc) is 2.45. The molecule has 0 N–H and O–H groups in total. The molecule has 1 heterocycles. The van der Waals surface area contributed by atoms with Gasteiger partial charge in [-0.1, -0.05) is 30.3 Å². The van der Waals surface area contributed by atoms with Crippen LogP contribution in [-0.2, 0) is 10.0 Å². The minimum absolute atomic E-state index is 0.166. The van der Waals surface area contributed by atoms with Crippen LogP contribution in [0.4, 0.5) is 0 Å². The van der Waals surface area contributed by atoms with E-state index in [1.807, 2.05) is 30.3 Å². The molecule has 1 aliphatic heterocycles. The fraction of sp³-hybridized carbons (Fsp3) is 0.500. The van der Waals surface area contributed by atoms with Crippen molar-refractivity contribution in [2.45, 2.75) is 5.92 Å². The van der Waals surface area contributed by atoms with Crippen molar-refractivity contribution in [3.63, 3.8) is 0 Å². The van der Waals surface area contributed by atoms with Crippen molar-refractivity contribution < 1.29 is 8.42 Å². The zero-order valence-electron chi connectivity index (χ0n) is 11.6. The number of hydrogen-bond acceptors (Lipinski definition) is 4. The van der Waals surface area contributed by atoms with E-state index in [9.17, 15) is 13.7 Å². The number of benzene rings is 1. The van der Waals surface area contributed by atoms with Gasteiger partial charge in [-0.25, -0.2) is 8.42 Å². The van der Waals surface area contributed by atoms with Crippen LogP contribution >= 0.6 is 0 Å². The van der Waals surface area contributed by atoms with Crippen molar-refractivity contribution in [3.05, 3.63) is 35.9 Å². The van der Waals surface area contributed by atoms with Gasteiger partial charge in [0.1, 0.15) is 0 Å². The lowest BCUT2D eigenvalue weighted by Crippen LogP contribution is -2.49. The summed E-state index contributed by atoms with van der Waals surface area (Å²) in [5, 5.41) is 9.31. The van der Waals surface area contributed by atoms with E-state index in [1.54, 1.807) is 0 Å². The van der Waals surface area contributed by atoms with Crippen LogP contribution in [0, 0.1) is 11.3 Å². The molecule has 0 amide bonds. The minimum atomic E-state index is -3.09. The molecule has 1 aromatic rings. The second kappa shape index (κ2) is 6.35. The normalized spacial score (nSPS) is 19.4. The fourth-order valence-corrected chi connectivity index (χ4v) is 3.23. The quantitative estimate of drug-likeness (QED) is 0.826. The Morgan fingerprint density at radius 2 is 1.80 bits per heavy atom. The van der Waals surface area contributed by atoms with E-state index >= 15 is 0 Å². The number of sulfonamides is 1. The first-order valence-electron chi connectivity index (χ1n) is 6.63. The van der Waals surface area contributed by atoms with Crippen molar-refractivity contribution in [1.82, 2.24) is 9.21 Å². The Morgan fingerprint density at radius 3 is 2.30 bits per heavy atom. The van der Waals surface area contributed by atoms with E-state index in [4.69, 9.17) is 0 Å². The highest BCUT2D eigenvalue weighted by Crippen LogP contribution is 2.17. The van der Waals surface area contributed by atoms with Gasteiger partial charge in [-0.2, -0.15) is 9.57 Å². The van der Waals surface area contributed by atoms with Crippen LogP contribution in [0.15, 0.2) is 30.3 Å². The van der Waals surface area contributed by atoms with Gasteiger partial charge in [-0.3, -0.25) is 4.90 Å². The Kier molecular flexibility index (Phi) is 4.76. The van der Waals surface area contributed by atoms with Crippen molar-refractivity contribution in [2.75, 3.05) is 39.0 Å². The lowest BCUT2D eigenvalue weighted by Gasteiger charge is -2.34. The number of hydrogen-bond donors (Lipinski definition) is 0. The van der Waals surface area contributed by atoms with Crippen LogP contribution in [-0.4, -0.2) is 56.6 Å². The maximum absolute atomic E-state index is 11.4.